The van der Waals surface area contributed by atoms with E-state index in [0.29, 0.717) is 0 Å². The van der Waals surface area contributed by atoms with Gasteiger partial charge in [0.25, 0.3) is 0 Å². The second-order valence-corrected chi connectivity index (χ2v) is 6.67. The van der Waals surface area contributed by atoms with Crippen molar-refractivity contribution >= 4 is 0 Å². The van der Waals surface area contributed by atoms with Gasteiger partial charge in [0.05, 0.1) is 14.2 Å². The summed E-state index contributed by atoms with van der Waals surface area (Å²) in [5, 5.41) is 0. The average Bonchev–Trinajstić information content (AvgIpc) is 3.11. The van der Waals surface area contributed by atoms with Gasteiger partial charge in [0.15, 0.2) is 0 Å². The van der Waals surface area contributed by atoms with Crippen molar-refractivity contribution in [3.05, 3.63) is 59.7 Å². The second-order valence-electron chi connectivity index (χ2n) is 6.67. The van der Waals surface area contributed by atoms with E-state index in [1.54, 1.807) is 14.2 Å². The van der Waals surface area contributed by atoms with Gasteiger partial charge in [0.2, 0.25) is 0 Å². The minimum Gasteiger partial charge on any atom is -0.497 e. The third kappa shape index (κ3) is 2.81. The molecule has 3 atom stereocenters. The maximum atomic E-state index is 5.25. The van der Waals surface area contributed by atoms with Crippen LogP contribution in [0.15, 0.2) is 48.5 Å². The van der Waals surface area contributed by atoms with Crippen LogP contribution in [0, 0.1) is 11.8 Å². The van der Waals surface area contributed by atoms with E-state index in [-0.39, 0.29) is 0 Å². The van der Waals surface area contributed by atoms with Crippen LogP contribution in [0.4, 0.5) is 0 Å². The van der Waals surface area contributed by atoms with Gasteiger partial charge in [-0.3, -0.25) is 4.90 Å². The number of methoxy groups -OCH3 is 2. The molecule has 3 heteroatoms. The molecule has 1 saturated carbocycles. The molecule has 0 spiro atoms. The Kier molecular flexibility index (Phi) is 3.74. The number of fused-ring (bicyclic) bond motifs is 1. The molecule has 1 saturated heterocycles. The largest absolute Gasteiger partial charge is 0.497 e. The summed E-state index contributed by atoms with van der Waals surface area (Å²) >= 11 is 0. The van der Waals surface area contributed by atoms with Crippen molar-refractivity contribution in [3.8, 4) is 11.5 Å². The number of ether oxygens (including phenoxy) is 2. The molecule has 1 heterocycles. The minimum atomic E-state index is 0.757. The van der Waals surface area contributed by atoms with Gasteiger partial charge in [-0.15, -0.1) is 0 Å². The molecule has 0 amide bonds. The Labute approximate surface area is 137 Å². The number of rotatable bonds is 5. The molecule has 1 aliphatic carbocycles. The molecule has 0 radical (unpaired) electrons. The predicted octanol–water partition coefficient (Wildman–Crippen LogP) is 3.55. The minimum absolute atomic E-state index is 0.757. The zero-order chi connectivity index (χ0) is 15.8. The molecule has 23 heavy (non-hydrogen) atoms. The van der Waals surface area contributed by atoms with Gasteiger partial charge in [0.1, 0.15) is 11.5 Å². The number of piperidine rings is 1. The summed E-state index contributed by atoms with van der Waals surface area (Å²) in [6.45, 7) is 3.48. The maximum Gasteiger partial charge on any atom is 0.118 e. The molecule has 2 aliphatic rings. The van der Waals surface area contributed by atoms with E-state index in [1.807, 2.05) is 12.1 Å². The van der Waals surface area contributed by atoms with Crippen LogP contribution >= 0.6 is 0 Å². The summed E-state index contributed by atoms with van der Waals surface area (Å²) in [6.07, 6.45) is 0. The van der Waals surface area contributed by atoms with Gasteiger partial charge >= 0.3 is 0 Å². The highest BCUT2D eigenvalue weighted by molar-refractivity contribution is 5.35. The van der Waals surface area contributed by atoms with Crippen LogP contribution in [0.3, 0.4) is 0 Å². The lowest BCUT2D eigenvalue weighted by Crippen LogP contribution is -2.23. The molecule has 2 aromatic carbocycles. The number of hydrogen-bond donors (Lipinski definition) is 0. The third-order valence-electron chi connectivity index (χ3n) is 5.34. The van der Waals surface area contributed by atoms with Crippen molar-refractivity contribution < 1.29 is 9.47 Å². The van der Waals surface area contributed by atoms with E-state index in [0.717, 1.165) is 35.8 Å². The molecule has 1 aliphatic heterocycles. The van der Waals surface area contributed by atoms with Crippen LogP contribution in [-0.4, -0.2) is 32.2 Å². The molecule has 4 rings (SSSR count). The van der Waals surface area contributed by atoms with E-state index in [9.17, 15) is 0 Å². The van der Waals surface area contributed by atoms with Gasteiger partial charge in [-0.05, 0) is 53.1 Å². The summed E-state index contributed by atoms with van der Waals surface area (Å²) in [4.78, 5) is 2.58. The first-order valence-electron chi connectivity index (χ1n) is 8.27. The molecule has 0 aromatic heterocycles. The Morgan fingerprint density at radius 1 is 0.826 bits per heavy atom. The highest BCUT2D eigenvalue weighted by atomic mass is 16.5. The molecule has 0 bridgehead atoms. The van der Waals surface area contributed by atoms with Gasteiger partial charge in [-0.2, -0.15) is 0 Å². The van der Waals surface area contributed by atoms with Crippen LogP contribution in [0.5, 0.6) is 11.5 Å². The van der Waals surface area contributed by atoms with E-state index in [4.69, 9.17) is 9.47 Å². The Bertz CT molecular complexity index is 653. The lowest BCUT2D eigenvalue weighted by Gasteiger charge is -2.19. The highest BCUT2D eigenvalue weighted by Gasteiger charge is 2.55. The zero-order valence-electron chi connectivity index (χ0n) is 13.7. The molecule has 120 valence electrons. The van der Waals surface area contributed by atoms with Gasteiger partial charge in [0, 0.05) is 19.6 Å². The third-order valence-corrected chi connectivity index (χ3v) is 5.34. The van der Waals surface area contributed by atoms with Crippen LogP contribution in [-0.2, 0) is 6.54 Å². The molecule has 2 aromatic rings. The Morgan fingerprint density at radius 2 is 1.35 bits per heavy atom. The van der Waals surface area contributed by atoms with Crippen molar-refractivity contribution in [3.63, 3.8) is 0 Å². The summed E-state index contributed by atoms with van der Waals surface area (Å²) < 4.78 is 10.5. The normalized spacial score (nSPS) is 25.9. The lowest BCUT2D eigenvalue weighted by molar-refractivity contribution is 0.290. The first kappa shape index (κ1) is 14.6. The standard InChI is InChI=1S/C20H23NO2/c1-22-16-7-3-14(4-8-16)11-21-12-18-19(13-21)20(18)15-5-9-17(23-2)10-6-15/h3-10,18-20H,11-13H2,1-2H3/t18-,19+,20-. The van der Waals surface area contributed by atoms with Gasteiger partial charge in [-0.1, -0.05) is 24.3 Å². The van der Waals surface area contributed by atoms with Crippen molar-refractivity contribution in [1.29, 1.82) is 0 Å². The smallest absolute Gasteiger partial charge is 0.118 e. The second kappa shape index (κ2) is 5.89. The molecule has 3 nitrogen and oxygen atoms in total. The van der Waals surface area contributed by atoms with E-state index in [1.165, 1.54) is 24.2 Å². The Morgan fingerprint density at radius 3 is 1.87 bits per heavy atom. The molecule has 0 unspecified atom stereocenters. The van der Waals surface area contributed by atoms with E-state index < -0.39 is 0 Å². The van der Waals surface area contributed by atoms with Crippen LogP contribution in [0.1, 0.15) is 17.0 Å². The molecule has 0 N–H and O–H groups in total. The summed E-state index contributed by atoms with van der Waals surface area (Å²) in [5.41, 5.74) is 2.85. The Hall–Kier alpha value is -2.00. The first-order chi connectivity index (χ1) is 11.3. The Balaban J connectivity index is 1.34. The quantitative estimate of drug-likeness (QED) is 0.843. The summed E-state index contributed by atoms with van der Waals surface area (Å²) in [7, 11) is 3.43. The number of likely N-dealkylation sites (tertiary alicyclic amines) is 1. The summed E-state index contributed by atoms with van der Waals surface area (Å²) in [5.74, 6) is 4.30. The SMILES string of the molecule is COc1ccc(CN2C[C@@H]3[C@H](C2)[C@@H]3c2ccc(OC)cc2)cc1. The fourth-order valence-electron chi connectivity index (χ4n) is 4.05. The van der Waals surface area contributed by atoms with Crippen molar-refractivity contribution in [2.75, 3.05) is 27.3 Å². The topological polar surface area (TPSA) is 21.7 Å². The number of hydrogen-bond acceptors (Lipinski definition) is 3. The van der Waals surface area contributed by atoms with Crippen molar-refractivity contribution in [2.24, 2.45) is 11.8 Å². The van der Waals surface area contributed by atoms with E-state index >= 15 is 0 Å². The van der Waals surface area contributed by atoms with Gasteiger partial charge in [-0.25, -0.2) is 0 Å². The molecule has 2 fully saturated rings. The zero-order valence-corrected chi connectivity index (χ0v) is 13.7. The highest BCUT2D eigenvalue weighted by Crippen LogP contribution is 2.58. The number of benzene rings is 2. The number of nitrogens with zero attached hydrogens (tertiary/aromatic N) is 1. The lowest BCUT2D eigenvalue weighted by atomic mass is 10.1. The van der Waals surface area contributed by atoms with Crippen molar-refractivity contribution in [1.82, 2.24) is 4.90 Å². The summed E-state index contributed by atoms with van der Waals surface area (Å²) in [6, 6.07) is 17.1. The predicted molar refractivity (Wildman–Crippen MR) is 91.0 cm³/mol. The van der Waals surface area contributed by atoms with Crippen LogP contribution in [0.25, 0.3) is 0 Å². The van der Waals surface area contributed by atoms with Gasteiger partial charge < -0.3 is 9.47 Å². The van der Waals surface area contributed by atoms with Crippen molar-refractivity contribution in [2.45, 2.75) is 12.5 Å². The maximum absolute atomic E-state index is 5.25. The molecular weight excluding hydrogens is 286 g/mol. The molecular formula is C20H23NO2. The monoisotopic (exact) mass is 309 g/mol. The first-order valence-corrected chi connectivity index (χ1v) is 8.27. The fourth-order valence-corrected chi connectivity index (χ4v) is 4.05. The van der Waals surface area contributed by atoms with E-state index in [2.05, 4.69) is 41.3 Å². The van der Waals surface area contributed by atoms with Crippen LogP contribution < -0.4 is 9.47 Å². The average molecular weight is 309 g/mol. The van der Waals surface area contributed by atoms with Crippen LogP contribution in [0.2, 0.25) is 0 Å². The fraction of sp³-hybridized carbons (Fsp3) is 0.400.